The van der Waals surface area contributed by atoms with Crippen LogP contribution in [0.15, 0.2) is 0 Å². The van der Waals surface area contributed by atoms with Gasteiger partial charge in [-0.15, -0.1) is 0 Å². The largest absolute Gasteiger partial charge is 0.312 e. The number of hydrogen-bond acceptors (Lipinski definition) is 2. The molecule has 2 heteroatoms. The lowest BCUT2D eigenvalue weighted by Gasteiger charge is -2.41. The molecule has 0 radical (unpaired) electrons. The molecule has 3 unspecified atom stereocenters. The quantitative estimate of drug-likeness (QED) is 0.785. The van der Waals surface area contributed by atoms with Gasteiger partial charge in [0.1, 0.15) is 0 Å². The number of nitrogens with one attached hydrogen (secondary N) is 1. The number of hydrogen-bond donors (Lipinski definition) is 1. The smallest absolute Gasteiger partial charge is 0.0243 e. The van der Waals surface area contributed by atoms with Crippen molar-refractivity contribution in [3.63, 3.8) is 0 Å². The van der Waals surface area contributed by atoms with Crippen LogP contribution in [0.3, 0.4) is 0 Å². The maximum Gasteiger partial charge on any atom is 0.0243 e. The van der Waals surface area contributed by atoms with E-state index >= 15 is 0 Å². The number of rotatable bonds is 6. The molecule has 2 nitrogen and oxygen atoms in total. The van der Waals surface area contributed by atoms with E-state index in [2.05, 4.69) is 51.9 Å². The molecular formula is C17H36N2. The van der Waals surface area contributed by atoms with Crippen molar-refractivity contribution in [2.75, 3.05) is 20.1 Å². The molecule has 0 amide bonds. The van der Waals surface area contributed by atoms with E-state index in [1.807, 2.05) is 0 Å². The normalized spacial score (nSPS) is 26.7. The summed E-state index contributed by atoms with van der Waals surface area (Å²) in [6.07, 6.45) is 6.88. The Morgan fingerprint density at radius 2 is 1.84 bits per heavy atom. The van der Waals surface area contributed by atoms with Crippen LogP contribution in [-0.4, -0.2) is 37.1 Å². The second-order valence-corrected chi connectivity index (χ2v) is 7.64. The summed E-state index contributed by atoms with van der Waals surface area (Å²) < 4.78 is 0. The highest BCUT2D eigenvalue weighted by Crippen LogP contribution is 2.29. The van der Waals surface area contributed by atoms with E-state index in [4.69, 9.17) is 0 Å². The van der Waals surface area contributed by atoms with E-state index in [-0.39, 0.29) is 0 Å². The van der Waals surface area contributed by atoms with Crippen LogP contribution in [0.5, 0.6) is 0 Å². The summed E-state index contributed by atoms with van der Waals surface area (Å²) in [5, 5.41) is 3.75. The zero-order chi connectivity index (χ0) is 14.5. The Morgan fingerprint density at radius 3 is 2.37 bits per heavy atom. The summed E-state index contributed by atoms with van der Waals surface area (Å²) in [4.78, 5) is 2.63. The van der Waals surface area contributed by atoms with Crippen molar-refractivity contribution in [1.82, 2.24) is 10.2 Å². The first-order valence-electron chi connectivity index (χ1n) is 8.30. The fourth-order valence-electron chi connectivity index (χ4n) is 3.34. The molecule has 1 fully saturated rings. The van der Waals surface area contributed by atoms with Gasteiger partial charge in [0, 0.05) is 18.6 Å². The van der Waals surface area contributed by atoms with E-state index in [1.165, 1.54) is 38.6 Å². The standard InChI is InChI=1S/C17H36N2/c1-7-12-18-16(17(3,4)5)13-19(6)15-11-9-8-10-14(15)2/h14-16,18H,7-13H2,1-6H3. The molecule has 0 bridgehead atoms. The molecule has 114 valence electrons. The predicted molar refractivity (Wildman–Crippen MR) is 85.6 cm³/mol. The molecule has 1 aliphatic rings. The first kappa shape index (κ1) is 17.0. The third-order valence-electron chi connectivity index (χ3n) is 4.79. The summed E-state index contributed by atoms with van der Waals surface area (Å²) in [7, 11) is 2.33. The Labute approximate surface area is 121 Å². The number of likely N-dealkylation sites (N-methyl/N-ethyl adjacent to an activating group) is 1. The van der Waals surface area contributed by atoms with Gasteiger partial charge in [-0.3, -0.25) is 0 Å². The van der Waals surface area contributed by atoms with E-state index in [0.717, 1.165) is 18.5 Å². The van der Waals surface area contributed by atoms with Gasteiger partial charge in [-0.05, 0) is 44.2 Å². The van der Waals surface area contributed by atoms with E-state index < -0.39 is 0 Å². The molecule has 1 rings (SSSR count). The van der Waals surface area contributed by atoms with Crippen molar-refractivity contribution >= 4 is 0 Å². The minimum absolute atomic E-state index is 0.335. The molecule has 1 saturated carbocycles. The fraction of sp³-hybridized carbons (Fsp3) is 1.00. The molecule has 0 aromatic heterocycles. The molecule has 3 atom stereocenters. The Bertz CT molecular complexity index is 244. The van der Waals surface area contributed by atoms with Gasteiger partial charge >= 0.3 is 0 Å². The molecular weight excluding hydrogens is 232 g/mol. The molecule has 0 heterocycles. The minimum Gasteiger partial charge on any atom is -0.312 e. The van der Waals surface area contributed by atoms with Crippen molar-refractivity contribution in [1.29, 1.82) is 0 Å². The Hall–Kier alpha value is -0.0800. The minimum atomic E-state index is 0.335. The monoisotopic (exact) mass is 268 g/mol. The SMILES string of the molecule is CCCNC(CN(C)C1CCCCC1C)C(C)(C)C. The molecule has 0 aromatic rings. The molecule has 1 aliphatic carbocycles. The van der Waals surface area contributed by atoms with Gasteiger partial charge < -0.3 is 10.2 Å². The van der Waals surface area contributed by atoms with Gasteiger partial charge in [-0.25, -0.2) is 0 Å². The van der Waals surface area contributed by atoms with Gasteiger partial charge in [-0.1, -0.05) is 47.5 Å². The highest BCUT2D eigenvalue weighted by molar-refractivity contribution is 4.87. The van der Waals surface area contributed by atoms with Crippen LogP contribution in [0, 0.1) is 11.3 Å². The zero-order valence-corrected chi connectivity index (χ0v) is 14.1. The van der Waals surface area contributed by atoms with Crippen molar-refractivity contribution in [2.45, 2.75) is 78.8 Å². The third kappa shape index (κ3) is 5.43. The van der Waals surface area contributed by atoms with Crippen molar-refractivity contribution in [3.8, 4) is 0 Å². The van der Waals surface area contributed by atoms with Crippen LogP contribution in [0.4, 0.5) is 0 Å². The Morgan fingerprint density at radius 1 is 1.21 bits per heavy atom. The Kier molecular flexibility index (Phi) is 6.82. The number of nitrogens with zero attached hydrogens (tertiary/aromatic N) is 1. The summed E-state index contributed by atoms with van der Waals surface area (Å²) in [6.45, 7) is 14.1. The lowest BCUT2D eigenvalue weighted by molar-refractivity contribution is 0.104. The Balaban J connectivity index is 2.56. The van der Waals surface area contributed by atoms with Crippen molar-refractivity contribution in [2.24, 2.45) is 11.3 Å². The van der Waals surface area contributed by atoms with Crippen LogP contribution >= 0.6 is 0 Å². The molecule has 0 spiro atoms. The van der Waals surface area contributed by atoms with Gasteiger partial charge in [0.05, 0.1) is 0 Å². The van der Waals surface area contributed by atoms with Gasteiger partial charge in [0.15, 0.2) is 0 Å². The molecule has 19 heavy (non-hydrogen) atoms. The van der Waals surface area contributed by atoms with Crippen LogP contribution < -0.4 is 5.32 Å². The molecule has 0 aromatic carbocycles. The van der Waals surface area contributed by atoms with Crippen LogP contribution in [0.1, 0.15) is 66.7 Å². The van der Waals surface area contributed by atoms with E-state index in [9.17, 15) is 0 Å². The van der Waals surface area contributed by atoms with Crippen molar-refractivity contribution in [3.05, 3.63) is 0 Å². The second-order valence-electron chi connectivity index (χ2n) is 7.64. The van der Waals surface area contributed by atoms with Crippen LogP contribution in [-0.2, 0) is 0 Å². The molecule has 0 aliphatic heterocycles. The van der Waals surface area contributed by atoms with Gasteiger partial charge in [0.25, 0.3) is 0 Å². The molecule has 1 N–H and O–H groups in total. The summed E-state index contributed by atoms with van der Waals surface area (Å²) in [5.74, 6) is 0.866. The predicted octanol–water partition coefficient (Wildman–Crippen LogP) is 3.91. The lowest BCUT2D eigenvalue weighted by atomic mass is 9.83. The highest BCUT2D eigenvalue weighted by Gasteiger charge is 2.30. The third-order valence-corrected chi connectivity index (χ3v) is 4.79. The van der Waals surface area contributed by atoms with Crippen LogP contribution in [0.25, 0.3) is 0 Å². The van der Waals surface area contributed by atoms with Gasteiger partial charge in [-0.2, -0.15) is 0 Å². The average Bonchev–Trinajstić information content (AvgIpc) is 2.33. The first-order chi connectivity index (χ1) is 8.86. The summed E-state index contributed by atoms with van der Waals surface area (Å²) in [5.41, 5.74) is 0.335. The molecule has 0 saturated heterocycles. The average molecular weight is 268 g/mol. The van der Waals surface area contributed by atoms with Gasteiger partial charge in [0.2, 0.25) is 0 Å². The van der Waals surface area contributed by atoms with E-state index in [0.29, 0.717) is 11.5 Å². The highest BCUT2D eigenvalue weighted by atomic mass is 15.2. The second kappa shape index (κ2) is 7.64. The topological polar surface area (TPSA) is 15.3 Å². The fourth-order valence-corrected chi connectivity index (χ4v) is 3.34. The van der Waals surface area contributed by atoms with Crippen LogP contribution in [0.2, 0.25) is 0 Å². The summed E-state index contributed by atoms with van der Waals surface area (Å²) >= 11 is 0. The first-order valence-corrected chi connectivity index (χ1v) is 8.30. The summed E-state index contributed by atoms with van der Waals surface area (Å²) in [6, 6.07) is 1.38. The van der Waals surface area contributed by atoms with E-state index in [1.54, 1.807) is 0 Å². The maximum atomic E-state index is 3.75. The lowest BCUT2D eigenvalue weighted by Crippen LogP contribution is -2.51. The zero-order valence-electron chi connectivity index (χ0n) is 14.1. The maximum absolute atomic E-state index is 3.75. The van der Waals surface area contributed by atoms with Crippen molar-refractivity contribution < 1.29 is 0 Å².